The molecule has 0 spiro atoms. The van der Waals surface area contributed by atoms with Crippen LogP contribution in [0.15, 0.2) is 18.2 Å². The van der Waals surface area contributed by atoms with Crippen molar-refractivity contribution in [3.63, 3.8) is 0 Å². The fraction of sp³-hybridized carbons (Fsp3) is 0.571. The van der Waals surface area contributed by atoms with Crippen molar-refractivity contribution >= 4 is 0 Å². The Bertz CT molecular complexity index is 363. The molecule has 0 aliphatic heterocycles. The van der Waals surface area contributed by atoms with Crippen LogP contribution in [0, 0.1) is 17.6 Å². The number of hydrogen-bond acceptors (Lipinski definition) is 2. The summed E-state index contributed by atoms with van der Waals surface area (Å²) in [6.45, 7) is 4.16. The monoisotopic (exact) mass is 256 g/mol. The highest BCUT2D eigenvalue weighted by Crippen LogP contribution is 2.31. The summed E-state index contributed by atoms with van der Waals surface area (Å²) in [5.74, 6) is 4.16. The number of hydrazine groups is 1. The molecule has 0 fully saturated rings. The Morgan fingerprint density at radius 3 is 2.28 bits per heavy atom. The van der Waals surface area contributed by atoms with Gasteiger partial charge in [0.25, 0.3) is 0 Å². The zero-order valence-electron chi connectivity index (χ0n) is 11.0. The Labute approximate surface area is 108 Å². The molecule has 4 heteroatoms. The van der Waals surface area contributed by atoms with Gasteiger partial charge in [-0.3, -0.25) is 11.3 Å². The second-order valence-corrected chi connectivity index (χ2v) is 4.62. The quantitative estimate of drug-likeness (QED) is 0.577. The SMILES string of the molecule is CCCC(CCC)C(NN)c1cccc(F)c1F. The van der Waals surface area contributed by atoms with E-state index in [0.29, 0.717) is 5.56 Å². The average molecular weight is 256 g/mol. The van der Waals surface area contributed by atoms with Crippen LogP contribution in [-0.2, 0) is 0 Å². The van der Waals surface area contributed by atoms with Crippen LogP contribution in [0.25, 0.3) is 0 Å². The minimum atomic E-state index is -0.820. The third-order valence-electron chi connectivity index (χ3n) is 3.29. The number of hydrogen-bond donors (Lipinski definition) is 2. The molecule has 102 valence electrons. The van der Waals surface area contributed by atoms with Crippen LogP contribution in [0.1, 0.15) is 51.1 Å². The molecule has 18 heavy (non-hydrogen) atoms. The van der Waals surface area contributed by atoms with Crippen LogP contribution >= 0.6 is 0 Å². The summed E-state index contributed by atoms with van der Waals surface area (Å²) in [4.78, 5) is 0. The lowest BCUT2D eigenvalue weighted by atomic mass is 9.86. The molecular formula is C14H22F2N2. The molecule has 2 nitrogen and oxygen atoms in total. The third kappa shape index (κ3) is 3.50. The zero-order chi connectivity index (χ0) is 13.5. The Kier molecular flexibility index (Phi) is 6.22. The van der Waals surface area contributed by atoms with Crippen molar-refractivity contribution in [2.75, 3.05) is 0 Å². The first-order valence-corrected chi connectivity index (χ1v) is 6.55. The number of nitrogens with one attached hydrogen (secondary N) is 1. The van der Waals surface area contributed by atoms with E-state index in [9.17, 15) is 8.78 Å². The summed E-state index contributed by atoms with van der Waals surface area (Å²) in [5.41, 5.74) is 2.97. The predicted molar refractivity (Wildman–Crippen MR) is 69.7 cm³/mol. The fourth-order valence-electron chi connectivity index (χ4n) is 2.46. The summed E-state index contributed by atoms with van der Waals surface area (Å²) < 4.78 is 27.1. The second kappa shape index (κ2) is 7.44. The van der Waals surface area contributed by atoms with Crippen molar-refractivity contribution in [3.8, 4) is 0 Å². The van der Waals surface area contributed by atoms with Gasteiger partial charge in [0.1, 0.15) is 0 Å². The van der Waals surface area contributed by atoms with E-state index in [4.69, 9.17) is 5.84 Å². The van der Waals surface area contributed by atoms with Crippen molar-refractivity contribution in [1.29, 1.82) is 0 Å². The first-order chi connectivity index (χ1) is 8.65. The average Bonchev–Trinajstić information content (AvgIpc) is 2.36. The van der Waals surface area contributed by atoms with Crippen LogP contribution in [0.5, 0.6) is 0 Å². The molecule has 1 atom stereocenters. The van der Waals surface area contributed by atoms with Gasteiger partial charge >= 0.3 is 0 Å². The van der Waals surface area contributed by atoms with Gasteiger partial charge in [0.15, 0.2) is 11.6 Å². The molecule has 0 heterocycles. The lowest BCUT2D eigenvalue weighted by Crippen LogP contribution is -2.34. The highest BCUT2D eigenvalue weighted by molar-refractivity contribution is 5.23. The van der Waals surface area contributed by atoms with Crippen molar-refractivity contribution in [2.24, 2.45) is 11.8 Å². The van der Waals surface area contributed by atoms with Gasteiger partial charge in [0.2, 0.25) is 0 Å². The van der Waals surface area contributed by atoms with E-state index in [1.807, 2.05) is 0 Å². The summed E-state index contributed by atoms with van der Waals surface area (Å²) in [6.07, 6.45) is 3.89. The summed E-state index contributed by atoms with van der Waals surface area (Å²) in [5, 5.41) is 0. The Morgan fingerprint density at radius 2 is 1.78 bits per heavy atom. The van der Waals surface area contributed by atoms with Crippen molar-refractivity contribution in [2.45, 2.75) is 45.6 Å². The summed E-state index contributed by atoms with van der Waals surface area (Å²) >= 11 is 0. The highest BCUT2D eigenvalue weighted by atomic mass is 19.2. The first kappa shape index (κ1) is 15.1. The van der Waals surface area contributed by atoms with Crippen molar-refractivity contribution in [3.05, 3.63) is 35.4 Å². The van der Waals surface area contributed by atoms with E-state index in [1.165, 1.54) is 6.07 Å². The normalized spacial score (nSPS) is 13.0. The third-order valence-corrected chi connectivity index (χ3v) is 3.29. The molecule has 0 aliphatic carbocycles. The summed E-state index contributed by atoms with van der Waals surface area (Å²) in [6, 6.07) is 3.91. The number of rotatable bonds is 7. The van der Waals surface area contributed by atoms with E-state index in [2.05, 4.69) is 19.3 Å². The first-order valence-electron chi connectivity index (χ1n) is 6.55. The minimum Gasteiger partial charge on any atom is -0.271 e. The zero-order valence-corrected chi connectivity index (χ0v) is 11.0. The summed E-state index contributed by atoms with van der Waals surface area (Å²) in [7, 11) is 0. The van der Waals surface area contributed by atoms with Crippen molar-refractivity contribution < 1.29 is 8.78 Å². The maximum absolute atomic E-state index is 13.8. The van der Waals surface area contributed by atoms with Gasteiger partial charge in [-0.2, -0.15) is 0 Å². The van der Waals surface area contributed by atoms with Crippen LogP contribution < -0.4 is 11.3 Å². The van der Waals surface area contributed by atoms with Crippen LogP contribution in [0.2, 0.25) is 0 Å². The Hall–Kier alpha value is -1.00. The molecule has 1 aromatic carbocycles. The minimum absolute atomic E-state index is 0.223. The largest absolute Gasteiger partial charge is 0.271 e. The lowest BCUT2D eigenvalue weighted by Gasteiger charge is -2.27. The van der Waals surface area contributed by atoms with Gasteiger partial charge in [-0.05, 0) is 24.8 Å². The predicted octanol–water partition coefficient (Wildman–Crippen LogP) is 3.69. The molecule has 0 amide bonds. The van der Waals surface area contributed by atoms with Gasteiger partial charge < -0.3 is 0 Å². The van der Waals surface area contributed by atoms with Crippen LogP contribution in [-0.4, -0.2) is 0 Å². The number of halogens is 2. The maximum atomic E-state index is 13.8. The maximum Gasteiger partial charge on any atom is 0.163 e. The Morgan fingerprint density at radius 1 is 1.17 bits per heavy atom. The topological polar surface area (TPSA) is 38.0 Å². The molecule has 1 rings (SSSR count). The molecule has 0 saturated carbocycles. The molecule has 1 unspecified atom stereocenters. The van der Waals surface area contributed by atoms with Gasteiger partial charge in [-0.15, -0.1) is 0 Å². The van der Waals surface area contributed by atoms with E-state index >= 15 is 0 Å². The molecular weight excluding hydrogens is 234 g/mol. The molecule has 0 radical (unpaired) electrons. The second-order valence-electron chi connectivity index (χ2n) is 4.62. The molecule has 1 aromatic rings. The van der Waals surface area contributed by atoms with E-state index in [1.54, 1.807) is 6.07 Å². The molecule has 0 bridgehead atoms. The van der Waals surface area contributed by atoms with Gasteiger partial charge in [0, 0.05) is 5.56 Å². The van der Waals surface area contributed by atoms with Crippen LogP contribution in [0.4, 0.5) is 8.78 Å². The van der Waals surface area contributed by atoms with E-state index in [0.717, 1.165) is 31.7 Å². The molecule has 0 aliphatic rings. The van der Waals surface area contributed by atoms with Gasteiger partial charge in [-0.1, -0.05) is 38.8 Å². The number of nitrogens with two attached hydrogens (primary N) is 1. The van der Waals surface area contributed by atoms with E-state index < -0.39 is 11.6 Å². The van der Waals surface area contributed by atoms with Crippen molar-refractivity contribution in [1.82, 2.24) is 5.43 Å². The standard InChI is InChI=1S/C14H22F2N2/c1-3-6-10(7-4-2)14(18-17)11-8-5-9-12(15)13(11)16/h5,8-10,14,18H,3-4,6-7,17H2,1-2H3. The number of benzene rings is 1. The molecule has 0 aromatic heterocycles. The fourth-order valence-corrected chi connectivity index (χ4v) is 2.46. The van der Waals surface area contributed by atoms with Crippen LogP contribution in [0.3, 0.4) is 0 Å². The van der Waals surface area contributed by atoms with E-state index in [-0.39, 0.29) is 12.0 Å². The highest BCUT2D eigenvalue weighted by Gasteiger charge is 2.24. The molecule has 3 N–H and O–H groups in total. The smallest absolute Gasteiger partial charge is 0.163 e. The van der Waals surface area contributed by atoms with Gasteiger partial charge in [0.05, 0.1) is 6.04 Å². The Balaban J connectivity index is 3.02. The molecule has 0 saturated heterocycles. The lowest BCUT2D eigenvalue weighted by molar-refractivity contribution is 0.309. The van der Waals surface area contributed by atoms with Gasteiger partial charge in [-0.25, -0.2) is 8.78 Å².